The number of anilines is 1. The van der Waals surface area contributed by atoms with Crippen LogP contribution in [0.1, 0.15) is 17.7 Å². The average Bonchev–Trinajstić information content (AvgIpc) is 2.99. The van der Waals surface area contributed by atoms with Gasteiger partial charge in [0.15, 0.2) is 5.82 Å². The normalized spacial score (nSPS) is 11.5. The average molecular weight is 381 g/mol. The van der Waals surface area contributed by atoms with E-state index in [1.807, 2.05) is 24.3 Å². The third-order valence-corrected chi connectivity index (χ3v) is 5.06. The van der Waals surface area contributed by atoms with E-state index in [-0.39, 0.29) is 18.9 Å². The standard InChI is InChI=1S/C17H23N3O5S/c1-13-12-16(19-25-13)18-17(21)9-11-20(26(3,22)23)10-8-14-4-6-15(24-2)7-5-14/h4-7,12H,8-11H2,1-3H3,(H,18,19,21). The largest absolute Gasteiger partial charge is 0.497 e. The van der Waals surface area contributed by atoms with Crippen LogP contribution < -0.4 is 10.1 Å². The molecule has 0 bridgehead atoms. The second-order valence-corrected chi connectivity index (χ2v) is 7.86. The number of amides is 1. The Morgan fingerprint density at radius 3 is 2.50 bits per heavy atom. The summed E-state index contributed by atoms with van der Waals surface area (Å²) in [5.74, 6) is 1.32. The number of aryl methyl sites for hydroxylation is 1. The lowest BCUT2D eigenvalue weighted by Crippen LogP contribution is -2.34. The maximum atomic E-state index is 12.0. The first-order valence-electron chi connectivity index (χ1n) is 8.09. The van der Waals surface area contributed by atoms with Crippen molar-refractivity contribution < 1.29 is 22.5 Å². The summed E-state index contributed by atoms with van der Waals surface area (Å²) in [6.07, 6.45) is 1.71. The third kappa shape index (κ3) is 6.16. The predicted molar refractivity (Wildman–Crippen MR) is 97.6 cm³/mol. The number of sulfonamides is 1. The predicted octanol–water partition coefficient (Wildman–Crippen LogP) is 1.82. The number of ether oxygens (including phenoxy) is 1. The highest BCUT2D eigenvalue weighted by molar-refractivity contribution is 7.88. The van der Waals surface area contributed by atoms with Crippen molar-refractivity contribution >= 4 is 21.7 Å². The number of rotatable bonds is 9. The second-order valence-electron chi connectivity index (χ2n) is 5.88. The Morgan fingerprint density at radius 2 is 1.96 bits per heavy atom. The zero-order chi connectivity index (χ0) is 19.2. The van der Waals surface area contributed by atoms with Gasteiger partial charge in [-0.3, -0.25) is 4.79 Å². The van der Waals surface area contributed by atoms with Crippen LogP contribution in [0.3, 0.4) is 0 Å². The summed E-state index contributed by atoms with van der Waals surface area (Å²) in [5.41, 5.74) is 0.988. The molecule has 2 aromatic rings. The van der Waals surface area contributed by atoms with Crippen LogP contribution >= 0.6 is 0 Å². The Morgan fingerprint density at radius 1 is 1.27 bits per heavy atom. The molecule has 1 heterocycles. The van der Waals surface area contributed by atoms with Gasteiger partial charge in [0.25, 0.3) is 0 Å². The Kier molecular flexibility index (Phi) is 6.76. The Hall–Kier alpha value is -2.39. The molecule has 0 spiro atoms. The lowest BCUT2D eigenvalue weighted by atomic mass is 10.1. The van der Waals surface area contributed by atoms with Gasteiger partial charge in [-0.05, 0) is 31.0 Å². The molecule has 1 aromatic heterocycles. The zero-order valence-corrected chi connectivity index (χ0v) is 15.9. The van der Waals surface area contributed by atoms with Gasteiger partial charge < -0.3 is 14.6 Å². The molecular weight excluding hydrogens is 358 g/mol. The van der Waals surface area contributed by atoms with E-state index in [0.29, 0.717) is 24.5 Å². The van der Waals surface area contributed by atoms with E-state index >= 15 is 0 Å². The Labute approximate surface area is 153 Å². The van der Waals surface area contributed by atoms with Gasteiger partial charge in [0.1, 0.15) is 11.5 Å². The number of hydrogen-bond donors (Lipinski definition) is 1. The number of benzene rings is 1. The van der Waals surface area contributed by atoms with Gasteiger partial charge in [-0.2, -0.15) is 0 Å². The first-order chi connectivity index (χ1) is 12.3. The van der Waals surface area contributed by atoms with Crippen molar-refractivity contribution in [3.63, 3.8) is 0 Å². The molecule has 2 rings (SSSR count). The summed E-state index contributed by atoms with van der Waals surface area (Å²) < 4.78 is 35.2. The number of methoxy groups -OCH3 is 1. The quantitative estimate of drug-likeness (QED) is 0.711. The Bertz CT molecular complexity index is 830. The molecule has 26 heavy (non-hydrogen) atoms. The summed E-state index contributed by atoms with van der Waals surface area (Å²) in [4.78, 5) is 12.0. The molecular formula is C17H23N3O5S. The minimum atomic E-state index is -3.42. The molecule has 0 aliphatic rings. The van der Waals surface area contributed by atoms with E-state index in [2.05, 4.69) is 10.5 Å². The highest BCUT2D eigenvalue weighted by Gasteiger charge is 2.18. The van der Waals surface area contributed by atoms with Gasteiger partial charge in [0.2, 0.25) is 15.9 Å². The Balaban J connectivity index is 1.89. The number of carbonyl (C=O) groups is 1. The summed E-state index contributed by atoms with van der Waals surface area (Å²) in [6.45, 7) is 2.10. The monoisotopic (exact) mass is 381 g/mol. The molecule has 142 valence electrons. The number of hydrogen-bond acceptors (Lipinski definition) is 6. The van der Waals surface area contributed by atoms with Crippen molar-refractivity contribution in [3.05, 3.63) is 41.7 Å². The number of nitrogens with one attached hydrogen (secondary N) is 1. The molecule has 0 atom stereocenters. The maximum Gasteiger partial charge on any atom is 0.226 e. The van der Waals surface area contributed by atoms with Gasteiger partial charge in [-0.1, -0.05) is 17.3 Å². The molecule has 0 aliphatic heterocycles. The number of nitrogens with zero attached hydrogens (tertiary/aromatic N) is 2. The van der Waals surface area contributed by atoms with Gasteiger partial charge in [-0.15, -0.1) is 0 Å². The molecule has 1 aromatic carbocycles. The van der Waals surface area contributed by atoms with Crippen LogP contribution in [0.15, 0.2) is 34.9 Å². The van der Waals surface area contributed by atoms with E-state index in [1.54, 1.807) is 20.1 Å². The van der Waals surface area contributed by atoms with E-state index in [0.717, 1.165) is 17.6 Å². The van der Waals surface area contributed by atoms with E-state index in [4.69, 9.17) is 9.26 Å². The summed E-state index contributed by atoms with van der Waals surface area (Å²) >= 11 is 0. The first kappa shape index (κ1) is 19.9. The summed E-state index contributed by atoms with van der Waals surface area (Å²) in [6, 6.07) is 9.02. The van der Waals surface area contributed by atoms with Crippen molar-refractivity contribution in [2.24, 2.45) is 0 Å². The molecule has 1 N–H and O–H groups in total. The minimum Gasteiger partial charge on any atom is -0.497 e. The van der Waals surface area contributed by atoms with Crippen LogP contribution in [0.5, 0.6) is 5.75 Å². The zero-order valence-electron chi connectivity index (χ0n) is 15.1. The molecule has 0 saturated carbocycles. The van der Waals surface area contributed by atoms with Crippen LogP contribution in [-0.2, 0) is 21.2 Å². The topological polar surface area (TPSA) is 102 Å². The fraction of sp³-hybridized carbons (Fsp3) is 0.412. The smallest absolute Gasteiger partial charge is 0.226 e. The SMILES string of the molecule is COc1ccc(CCN(CCC(=O)Nc2cc(C)on2)S(C)(=O)=O)cc1. The van der Waals surface area contributed by atoms with Crippen molar-refractivity contribution in [3.8, 4) is 5.75 Å². The summed E-state index contributed by atoms with van der Waals surface area (Å²) in [5, 5.41) is 6.25. The van der Waals surface area contributed by atoms with Gasteiger partial charge in [0, 0.05) is 25.6 Å². The molecule has 8 nitrogen and oxygen atoms in total. The molecule has 0 unspecified atom stereocenters. The highest BCUT2D eigenvalue weighted by atomic mass is 32.2. The lowest BCUT2D eigenvalue weighted by molar-refractivity contribution is -0.116. The fourth-order valence-electron chi connectivity index (χ4n) is 2.35. The van der Waals surface area contributed by atoms with Crippen molar-refractivity contribution in [1.82, 2.24) is 9.46 Å². The maximum absolute atomic E-state index is 12.0. The van der Waals surface area contributed by atoms with E-state index < -0.39 is 10.0 Å². The molecule has 0 radical (unpaired) electrons. The van der Waals surface area contributed by atoms with Gasteiger partial charge >= 0.3 is 0 Å². The van der Waals surface area contributed by atoms with Gasteiger partial charge in [0.05, 0.1) is 13.4 Å². The first-order valence-corrected chi connectivity index (χ1v) is 9.94. The second kappa shape index (κ2) is 8.81. The van der Waals surface area contributed by atoms with Crippen LogP contribution in [0.2, 0.25) is 0 Å². The molecule has 1 amide bonds. The van der Waals surface area contributed by atoms with Crippen molar-refractivity contribution in [1.29, 1.82) is 0 Å². The molecule has 9 heteroatoms. The number of aromatic nitrogens is 1. The van der Waals surface area contributed by atoms with Crippen LogP contribution in [0.25, 0.3) is 0 Å². The highest BCUT2D eigenvalue weighted by Crippen LogP contribution is 2.13. The van der Waals surface area contributed by atoms with Crippen molar-refractivity contribution in [2.45, 2.75) is 19.8 Å². The molecule has 0 aliphatic carbocycles. The lowest BCUT2D eigenvalue weighted by Gasteiger charge is -2.19. The summed E-state index contributed by atoms with van der Waals surface area (Å²) in [7, 11) is -1.83. The van der Waals surface area contributed by atoms with Crippen LogP contribution in [0.4, 0.5) is 5.82 Å². The van der Waals surface area contributed by atoms with E-state index in [9.17, 15) is 13.2 Å². The minimum absolute atomic E-state index is 0.0294. The van der Waals surface area contributed by atoms with Gasteiger partial charge in [-0.25, -0.2) is 12.7 Å². The molecule has 0 saturated heterocycles. The molecule has 0 fully saturated rings. The fourth-order valence-corrected chi connectivity index (χ4v) is 3.19. The van der Waals surface area contributed by atoms with Crippen LogP contribution in [0, 0.1) is 6.92 Å². The van der Waals surface area contributed by atoms with E-state index in [1.165, 1.54) is 4.31 Å². The van der Waals surface area contributed by atoms with Crippen molar-refractivity contribution in [2.75, 3.05) is 31.8 Å². The number of carbonyl (C=O) groups excluding carboxylic acids is 1. The third-order valence-electron chi connectivity index (χ3n) is 3.76. The van der Waals surface area contributed by atoms with Crippen LogP contribution in [-0.4, -0.2) is 50.2 Å².